The van der Waals surface area contributed by atoms with Crippen LogP contribution in [0.25, 0.3) is 0 Å². The van der Waals surface area contributed by atoms with Gasteiger partial charge in [0.1, 0.15) is 5.82 Å². The molecule has 2 fully saturated rings. The minimum Gasteiger partial charge on any atom is -0.340 e. The molecule has 2 aromatic rings. The zero-order chi connectivity index (χ0) is 21.8. The molecule has 1 aromatic carbocycles. The van der Waals surface area contributed by atoms with Crippen molar-refractivity contribution in [2.45, 2.75) is 38.1 Å². The number of amides is 2. The first kappa shape index (κ1) is 21.4. The highest BCUT2D eigenvalue weighted by molar-refractivity contribution is 5.79. The highest BCUT2D eigenvalue weighted by Crippen LogP contribution is 2.31. The number of halogens is 1. The lowest BCUT2D eigenvalue weighted by Crippen LogP contribution is -2.47. The van der Waals surface area contributed by atoms with Crippen LogP contribution in [0, 0.1) is 5.82 Å². The van der Waals surface area contributed by atoms with E-state index in [4.69, 9.17) is 4.52 Å². The van der Waals surface area contributed by atoms with E-state index in [1.807, 2.05) is 4.90 Å². The van der Waals surface area contributed by atoms with Gasteiger partial charge in [-0.15, -0.1) is 0 Å². The Hall–Kier alpha value is -2.81. The molecule has 31 heavy (non-hydrogen) atoms. The molecule has 0 N–H and O–H groups in total. The van der Waals surface area contributed by atoms with E-state index in [0.717, 1.165) is 39.0 Å². The second kappa shape index (κ2) is 9.55. The zero-order valence-corrected chi connectivity index (χ0v) is 17.8. The van der Waals surface area contributed by atoms with Crippen LogP contribution >= 0.6 is 0 Å². The summed E-state index contributed by atoms with van der Waals surface area (Å²) in [6.45, 7) is 3.84. The Labute approximate surface area is 181 Å². The monoisotopic (exact) mass is 429 g/mol. The molecular formula is C22H28FN5O3. The molecule has 0 bridgehead atoms. The van der Waals surface area contributed by atoms with Crippen LogP contribution in [-0.4, -0.2) is 76.4 Å². The van der Waals surface area contributed by atoms with Crippen molar-refractivity contribution in [1.82, 2.24) is 24.8 Å². The number of aryl methyl sites for hydroxylation is 1. The summed E-state index contributed by atoms with van der Waals surface area (Å²) in [7, 11) is 2.05. The van der Waals surface area contributed by atoms with Crippen LogP contribution in [0.2, 0.25) is 0 Å². The molecule has 0 saturated carbocycles. The number of likely N-dealkylation sites (tertiary alicyclic amines) is 1. The predicted molar refractivity (Wildman–Crippen MR) is 110 cm³/mol. The summed E-state index contributed by atoms with van der Waals surface area (Å²) >= 11 is 0. The topological polar surface area (TPSA) is 82.8 Å². The number of piperazine rings is 1. The Morgan fingerprint density at radius 3 is 2.68 bits per heavy atom. The van der Waals surface area contributed by atoms with Gasteiger partial charge < -0.3 is 19.2 Å². The highest BCUT2D eigenvalue weighted by atomic mass is 19.1. The summed E-state index contributed by atoms with van der Waals surface area (Å²) < 4.78 is 19.3. The van der Waals surface area contributed by atoms with Crippen molar-refractivity contribution in [1.29, 1.82) is 0 Å². The number of hydrogen-bond donors (Lipinski definition) is 0. The minimum atomic E-state index is -0.376. The normalized spacial score (nSPS) is 19.7. The SMILES string of the molecule is CN1CCN(C(=O)CCc2nc(C3CCCN3C(=O)Cc3ccccc3F)no2)CC1. The first-order valence-corrected chi connectivity index (χ1v) is 10.8. The standard InChI is InChI=1S/C22H28FN5O3/c1-26-11-13-27(14-12-26)20(29)9-8-19-24-22(25-31-19)18-7-4-10-28(18)21(30)15-16-5-2-3-6-17(16)23/h2-3,5-6,18H,4,7-15H2,1H3. The van der Waals surface area contributed by atoms with Crippen LogP contribution in [-0.2, 0) is 22.4 Å². The quantitative estimate of drug-likeness (QED) is 0.697. The Bertz CT molecular complexity index is 925. The number of aromatic nitrogens is 2. The van der Waals surface area contributed by atoms with Crippen LogP contribution < -0.4 is 0 Å². The molecule has 3 heterocycles. The fraction of sp³-hybridized carbons (Fsp3) is 0.545. The Morgan fingerprint density at radius 1 is 1.13 bits per heavy atom. The van der Waals surface area contributed by atoms with Crippen molar-refractivity contribution in [3.8, 4) is 0 Å². The summed E-state index contributed by atoms with van der Waals surface area (Å²) in [5, 5.41) is 4.07. The molecule has 2 aliphatic heterocycles. The van der Waals surface area contributed by atoms with E-state index in [2.05, 4.69) is 22.1 Å². The number of carbonyl (C=O) groups is 2. The van der Waals surface area contributed by atoms with E-state index < -0.39 is 0 Å². The molecule has 4 rings (SSSR count). The van der Waals surface area contributed by atoms with Crippen molar-refractivity contribution >= 4 is 11.8 Å². The number of carbonyl (C=O) groups excluding carboxylic acids is 2. The van der Waals surface area contributed by atoms with Gasteiger partial charge in [-0.05, 0) is 31.5 Å². The van der Waals surface area contributed by atoms with Gasteiger partial charge in [-0.3, -0.25) is 9.59 Å². The maximum atomic E-state index is 13.9. The van der Waals surface area contributed by atoms with Gasteiger partial charge in [0.05, 0.1) is 12.5 Å². The van der Waals surface area contributed by atoms with Gasteiger partial charge in [0.15, 0.2) is 5.82 Å². The molecule has 9 heteroatoms. The van der Waals surface area contributed by atoms with Crippen LogP contribution in [0.4, 0.5) is 4.39 Å². The largest absolute Gasteiger partial charge is 0.340 e. The molecule has 0 spiro atoms. The molecule has 0 radical (unpaired) electrons. The van der Waals surface area contributed by atoms with Crippen molar-refractivity contribution < 1.29 is 18.5 Å². The maximum Gasteiger partial charge on any atom is 0.227 e. The summed E-state index contributed by atoms with van der Waals surface area (Å²) in [6.07, 6.45) is 2.29. The number of benzene rings is 1. The second-order valence-corrected chi connectivity index (χ2v) is 8.24. The Balaban J connectivity index is 1.33. The van der Waals surface area contributed by atoms with Crippen LogP contribution in [0.15, 0.2) is 28.8 Å². The summed E-state index contributed by atoms with van der Waals surface area (Å²) in [6, 6.07) is 6.05. The van der Waals surface area contributed by atoms with Crippen LogP contribution in [0.1, 0.15) is 42.6 Å². The first-order valence-electron chi connectivity index (χ1n) is 10.8. The average Bonchev–Trinajstić information content (AvgIpc) is 3.43. The average molecular weight is 429 g/mol. The third-order valence-corrected chi connectivity index (χ3v) is 6.06. The van der Waals surface area contributed by atoms with E-state index in [1.54, 1.807) is 23.1 Å². The molecule has 1 aromatic heterocycles. The van der Waals surface area contributed by atoms with E-state index in [9.17, 15) is 14.0 Å². The van der Waals surface area contributed by atoms with Crippen molar-refractivity contribution in [3.05, 3.63) is 47.4 Å². The molecule has 1 unspecified atom stereocenters. The minimum absolute atomic E-state index is 0.00735. The van der Waals surface area contributed by atoms with Crippen LogP contribution in [0.5, 0.6) is 0 Å². The lowest BCUT2D eigenvalue weighted by atomic mass is 10.1. The molecule has 2 saturated heterocycles. The van der Waals surface area contributed by atoms with E-state index >= 15 is 0 Å². The molecule has 1 atom stereocenters. The second-order valence-electron chi connectivity index (χ2n) is 8.24. The molecule has 166 valence electrons. The van der Waals surface area contributed by atoms with E-state index in [0.29, 0.717) is 36.7 Å². The van der Waals surface area contributed by atoms with Crippen molar-refractivity contribution in [2.75, 3.05) is 39.8 Å². The maximum absolute atomic E-state index is 13.9. The third-order valence-electron chi connectivity index (χ3n) is 6.06. The van der Waals surface area contributed by atoms with Gasteiger partial charge in [0.2, 0.25) is 17.7 Å². The fourth-order valence-corrected chi connectivity index (χ4v) is 4.17. The van der Waals surface area contributed by atoms with Gasteiger partial charge in [-0.25, -0.2) is 4.39 Å². The van der Waals surface area contributed by atoms with Gasteiger partial charge in [0.25, 0.3) is 0 Å². The van der Waals surface area contributed by atoms with Crippen molar-refractivity contribution in [2.24, 2.45) is 0 Å². The zero-order valence-electron chi connectivity index (χ0n) is 17.8. The Morgan fingerprint density at radius 2 is 1.90 bits per heavy atom. The summed E-state index contributed by atoms with van der Waals surface area (Å²) in [5.41, 5.74) is 0.384. The number of likely N-dealkylation sites (N-methyl/N-ethyl adjacent to an activating group) is 1. The van der Waals surface area contributed by atoms with Crippen molar-refractivity contribution in [3.63, 3.8) is 0 Å². The summed E-state index contributed by atoms with van der Waals surface area (Å²) in [5.74, 6) is 0.436. The number of rotatable bonds is 6. The number of hydrogen-bond acceptors (Lipinski definition) is 6. The van der Waals surface area contributed by atoms with E-state index in [1.165, 1.54) is 6.07 Å². The molecular weight excluding hydrogens is 401 g/mol. The first-order chi connectivity index (χ1) is 15.0. The lowest BCUT2D eigenvalue weighted by molar-refractivity contribution is -0.133. The molecule has 2 aliphatic rings. The van der Waals surface area contributed by atoms with Gasteiger partial charge >= 0.3 is 0 Å². The van der Waals surface area contributed by atoms with Crippen LogP contribution in [0.3, 0.4) is 0 Å². The summed E-state index contributed by atoms with van der Waals surface area (Å²) in [4.78, 5) is 35.4. The molecule has 8 nitrogen and oxygen atoms in total. The molecule has 2 amide bonds. The Kier molecular flexibility index (Phi) is 6.60. The number of nitrogens with zero attached hydrogens (tertiary/aromatic N) is 5. The van der Waals surface area contributed by atoms with Gasteiger partial charge in [0, 0.05) is 45.6 Å². The lowest BCUT2D eigenvalue weighted by Gasteiger charge is -2.32. The smallest absolute Gasteiger partial charge is 0.227 e. The van der Waals surface area contributed by atoms with Gasteiger partial charge in [-0.1, -0.05) is 23.4 Å². The predicted octanol–water partition coefficient (Wildman–Crippen LogP) is 1.82. The van der Waals surface area contributed by atoms with Gasteiger partial charge in [-0.2, -0.15) is 4.98 Å². The molecule has 0 aliphatic carbocycles. The third kappa shape index (κ3) is 5.10. The fourth-order valence-electron chi connectivity index (χ4n) is 4.17. The van der Waals surface area contributed by atoms with E-state index in [-0.39, 0.29) is 30.1 Å². The highest BCUT2D eigenvalue weighted by Gasteiger charge is 2.33.